The molecule has 0 bridgehead atoms. The van der Waals surface area contributed by atoms with Crippen molar-refractivity contribution >= 4 is 23.9 Å². The summed E-state index contributed by atoms with van der Waals surface area (Å²) in [4.78, 5) is 21.5. The van der Waals surface area contributed by atoms with E-state index in [4.69, 9.17) is 16.2 Å². The normalized spacial score (nSPS) is 13.9. The van der Waals surface area contributed by atoms with Crippen molar-refractivity contribution < 1.29 is 9.53 Å². The summed E-state index contributed by atoms with van der Waals surface area (Å²) in [6, 6.07) is 16.0. The van der Waals surface area contributed by atoms with Crippen LogP contribution in [0.4, 0.5) is 5.69 Å². The maximum atomic E-state index is 13.5. The molecule has 0 saturated carbocycles. The second-order valence-corrected chi connectivity index (χ2v) is 6.31. The predicted molar refractivity (Wildman–Crippen MR) is 123 cm³/mol. The first-order valence-electron chi connectivity index (χ1n) is 9.31. The van der Waals surface area contributed by atoms with E-state index in [2.05, 4.69) is 15.3 Å². The number of benzene rings is 2. The van der Waals surface area contributed by atoms with Gasteiger partial charge >= 0.3 is 0 Å². The Morgan fingerprint density at radius 1 is 1.07 bits per heavy atom. The summed E-state index contributed by atoms with van der Waals surface area (Å²) in [5.74, 6) is 0.358. The smallest absolute Gasteiger partial charge is 0.205 e. The first-order valence-corrected chi connectivity index (χ1v) is 9.31. The molecular formula is C23H27N5O2. The van der Waals surface area contributed by atoms with Gasteiger partial charge in [-0.05, 0) is 17.7 Å². The van der Waals surface area contributed by atoms with Crippen LogP contribution in [-0.2, 0) is 4.79 Å². The lowest BCUT2D eigenvalue weighted by Crippen LogP contribution is -2.28. The highest BCUT2D eigenvalue weighted by Crippen LogP contribution is 2.26. The molecule has 5 N–H and O–H groups in total. The number of carbonyl (C=O) groups is 1. The van der Waals surface area contributed by atoms with Crippen LogP contribution < -0.4 is 21.5 Å². The van der Waals surface area contributed by atoms with E-state index in [1.54, 1.807) is 21.2 Å². The van der Waals surface area contributed by atoms with Crippen molar-refractivity contribution in [3.05, 3.63) is 83.2 Å². The number of hydrogen-bond donors (Lipinski definition) is 3. The lowest BCUT2D eigenvalue weighted by atomic mass is 9.96. The van der Waals surface area contributed by atoms with Crippen LogP contribution in [0.5, 0.6) is 5.75 Å². The third-order valence-electron chi connectivity index (χ3n) is 4.35. The van der Waals surface area contributed by atoms with Crippen LogP contribution in [-0.4, -0.2) is 39.4 Å². The summed E-state index contributed by atoms with van der Waals surface area (Å²) in [5, 5.41) is 3.26. The highest BCUT2D eigenvalue weighted by molar-refractivity contribution is 6.10. The lowest BCUT2D eigenvalue weighted by Gasteiger charge is -2.21. The monoisotopic (exact) mass is 405 g/mol. The van der Waals surface area contributed by atoms with E-state index in [0.717, 1.165) is 11.3 Å². The van der Waals surface area contributed by atoms with Crippen LogP contribution in [0.1, 0.15) is 11.6 Å². The van der Waals surface area contributed by atoms with Crippen molar-refractivity contribution in [3.8, 4) is 5.75 Å². The fourth-order valence-corrected chi connectivity index (χ4v) is 2.88. The van der Waals surface area contributed by atoms with Crippen LogP contribution in [0.2, 0.25) is 0 Å². The van der Waals surface area contributed by atoms with Crippen molar-refractivity contribution in [2.45, 2.75) is 6.04 Å². The van der Waals surface area contributed by atoms with E-state index in [-0.39, 0.29) is 11.5 Å². The number of anilines is 1. The lowest BCUT2D eigenvalue weighted by molar-refractivity contribution is -0.116. The van der Waals surface area contributed by atoms with Gasteiger partial charge in [0.1, 0.15) is 11.8 Å². The highest BCUT2D eigenvalue weighted by atomic mass is 16.5. The van der Waals surface area contributed by atoms with Crippen LogP contribution in [0.15, 0.2) is 87.6 Å². The van der Waals surface area contributed by atoms with Crippen molar-refractivity contribution in [2.24, 2.45) is 21.5 Å². The summed E-state index contributed by atoms with van der Waals surface area (Å²) < 4.78 is 5.28. The zero-order valence-corrected chi connectivity index (χ0v) is 17.4. The molecule has 0 amide bonds. The molecule has 156 valence electrons. The number of nitrogens with zero attached hydrogens (tertiary/aromatic N) is 2. The molecular weight excluding hydrogens is 378 g/mol. The van der Waals surface area contributed by atoms with E-state index in [0.29, 0.717) is 16.9 Å². The Bertz CT molecular complexity index is 978. The van der Waals surface area contributed by atoms with Gasteiger partial charge in [0, 0.05) is 55.6 Å². The number of aliphatic imine (C=N–C) groups is 2. The van der Waals surface area contributed by atoms with Gasteiger partial charge in [-0.15, -0.1) is 0 Å². The van der Waals surface area contributed by atoms with Gasteiger partial charge < -0.3 is 21.5 Å². The van der Waals surface area contributed by atoms with Gasteiger partial charge in [-0.25, -0.2) is 0 Å². The molecule has 30 heavy (non-hydrogen) atoms. The standard InChI is InChI=1S/C23H27N5O2/c1-26-14-17(13-24)20(15-27-2)21(25)23(29)22(16-8-5-4-6-9-16)28-18-10-7-11-19(12-18)30-3/h4-15,22,28H,24-25H2,1-3H3. The van der Waals surface area contributed by atoms with Crippen LogP contribution in [0, 0.1) is 0 Å². The molecule has 1 atom stereocenters. The second kappa shape index (κ2) is 11.2. The molecule has 2 rings (SSSR count). The molecule has 0 spiro atoms. The van der Waals surface area contributed by atoms with E-state index < -0.39 is 6.04 Å². The molecule has 0 aliphatic carbocycles. The number of allylic oxidation sites excluding steroid dienone is 2. The molecule has 2 aromatic carbocycles. The Morgan fingerprint density at radius 3 is 2.37 bits per heavy atom. The Hall–Kier alpha value is -3.87. The van der Waals surface area contributed by atoms with Crippen molar-refractivity contribution in [2.75, 3.05) is 26.5 Å². The largest absolute Gasteiger partial charge is 0.497 e. The molecule has 2 aromatic rings. The number of hydrogen-bond acceptors (Lipinski definition) is 7. The zero-order valence-electron chi connectivity index (χ0n) is 17.4. The number of Topliss-reactive ketones (excluding diaryl/α,β-unsaturated/α-hetero) is 1. The Labute approximate surface area is 176 Å². The molecule has 0 aromatic heterocycles. The number of nitrogens with two attached hydrogens (primary N) is 2. The molecule has 0 aliphatic heterocycles. The third-order valence-corrected chi connectivity index (χ3v) is 4.35. The van der Waals surface area contributed by atoms with Crippen molar-refractivity contribution in [3.63, 3.8) is 0 Å². The molecule has 0 radical (unpaired) electrons. The molecule has 0 saturated heterocycles. The zero-order chi connectivity index (χ0) is 21.9. The van der Waals surface area contributed by atoms with Crippen molar-refractivity contribution in [1.29, 1.82) is 0 Å². The Morgan fingerprint density at radius 2 is 1.77 bits per heavy atom. The Kier molecular flexibility index (Phi) is 8.38. The van der Waals surface area contributed by atoms with Gasteiger partial charge in [0.15, 0.2) is 0 Å². The number of nitrogens with one attached hydrogen (secondary N) is 1. The number of methoxy groups -OCH3 is 1. The third kappa shape index (κ3) is 5.57. The van der Waals surface area contributed by atoms with E-state index in [9.17, 15) is 4.79 Å². The maximum Gasteiger partial charge on any atom is 0.205 e. The number of ether oxygens (including phenoxy) is 1. The highest BCUT2D eigenvalue weighted by Gasteiger charge is 2.25. The van der Waals surface area contributed by atoms with Crippen LogP contribution in [0.3, 0.4) is 0 Å². The van der Waals surface area contributed by atoms with Gasteiger partial charge in [-0.2, -0.15) is 0 Å². The minimum Gasteiger partial charge on any atom is -0.497 e. The number of carbonyl (C=O) groups excluding carboxylic acids is 1. The molecule has 7 nitrogen and oxygen atoms in total. The molecule has 1 unspecified atom stereocenters. The summed E-state index contributed by atoms with van der Waals surface area (Å²) in [7, 11) is 4.80. The van der Waals surface area contributed by atoms with Gasteiger partial charge in [0.25, 0.3) is 0 Å². The van der Waals surface area contributed by atoms with E-state index >= 15 is 0 Å². The van der Waals surface area contributed by atoms with Gasteiger partial charge in [-0.3, -0.25) is 14.8 Å². The summed E-state index contributed by atoms with van der Waals surface area (Å²) in [6.45, 7) is 0. The second-order valence-electron chi connectivity index (χ2n) is 6.31. The number of ketones is 1. The quantitative estimate of drug-likeness (QED) is 0.337. The topological polar surface area (TPSA) is 115 Å². The predicted octanol–water partition coefficient (Wildman–Crippen LogP) is 2.87. The maximum absolute atomic E-state index is 13.5. The fourth-order valence-electron chi connectivity index (χ4n) is 2.88. The first kappa shape index (κ1) is 22.4. The summed E-state index contributed by atoms with van der Waals surface area (Å²) >= 11 is 0. The van der Waals surface area contributed by atoms with Gasteiger partial charge in [0.05, 0.1) is 12.8 Å². The SMILES string of the molecule is CN=CC(=CN)C(C=NC)=C(N)C(=O)C(Nc1cccc(OC)c1)c1ccccc1. The molecule has 0 fully saturated rings. The Balaban J connectivity index is 2.55. The average Bonchev–Trinajstić information content (AvgIpc) is 2.79. The van der Waals surface area contributed by atoms with Crippen LogP contribution >= 0.6 is 0 Å². The van der Waals surface area contributed by atoms with E-state index in [1.807, 2.05) is 54.6 Å². The van der Waals surface area contributed by atoms with Crippen molar-refractivity contribution in [1.82, 2.24) is 0 Å². The van der Waals surface area contributed by atoms with Gasteiger partial charge in [-0.1, -0.05) is 36.4 Å². The first-order chi connectivity index (χ1) is 14.5. The molecule has 7 heteroatoms. The summed E-state index contributed by atoms with van der Waals surface area (Å²) in [6.07, 6.45) is 4.38. The van der Waals surface area contributed by atoms with E-state index in [1.165, 1.54) is 18.6 Å². The van der Waals surface area contributed by atoms with Gasteiger partial charge in [0.2, 0.25) is 5.78 Å². The molecule has 0 aliphatic rings. The minimum absolute atomic E-state index is 0.0291. The minimum atomic E-state index is -0.726. The summed E-state index contributed by atoms with van der Waals surface area (Å²) in [5.41, 5.74) is 14.5. The van der Waals surface area contributed by atoms with Crippen LogP contribution in [0.25, 0.3) is 0 Å². The number of rotatable bonds is 9. The average molecular weight is 406 g/mol. The fraction of sp³-hybridized carbons (Fsp3) is 0.174. The molecule has 0 heterocycles.